The zero-order valence-electron chi connectivity index (χ0n) is 32.7. The summed E-state index contributed by atoms with van der Waals surface area (Å²) < 4.78 is 33.7. The van der Waals surface area contributed by atoms with Crippen LogP contribution in [0.1, 0.15) is 187 Å². The van der Waals surface area contributed by atoms with Crippen LogP contribution < -0.4 is 4.89 Å². The first-order valence-electron chi connectivity index (χ1n) is 20.2. The molecular formula is C39H78NO8P. The standard InChI is InChI=1S/C39H78NO8P/c1-6-8-10-12-14-16-17-18-19-20-21-22-23-24-26-27-29-31-38(41)45-35-37(36-47-49(43,44)46-34-33-40(3,4)5)48-39(42)32-30-28-25-15-13-11-9-7-2/h37H,6-36H2,1-5H3/t37-/m1/s1. The van der Waals surface area contributed by atoms with Gasteiger partial charge in [-0.3, -0.25) is 14.2 Å². The molecular weight excluding hydrogens is 641 g/mol. The molecule has 0 bridgehead atoms. The monoisotopic (exact) mass is 720 g/mol. The highest BCUT2D eigenvalue weighted by atomic mass is 31.2. The molecule has 0 aliphatic carbocycles. The zero-order chi connectivity index (χ0) is 36.5. The lowest BCUT2D eigenvalue weighted by atomic mass is 10.0. The van der Waals surface area contributed by atoms with E-state index in [9.17, 15) is 19.0 Å². The number of phosphoric acid groups is 1. The molecule has 0 heterocycles. The summed E-state index contributed by atoms with van der Waals surface area (Å²) in [6.07, 6.45) is 30.0. The average molecular weight is 720 g/mol. The average Bonchev–Trinajstić information content (AvgIpc) is 3.04. The number of carbonyl (C=O) groups excluding carboxylic acids is 2. The fourth-order valence-corrected chi connectivity index (χ4v) is 6.38. The number of hydrogen-bond acceptors (Lipinski definition) is 8. The third-order valence-corrected chi connectivity index (χ3v) is 9.84. The number of carbonyl (C=O) groups is 2. The van der Waals surface area contributed by atoms with Crippen LogP contribution in [0.5, 0.6) is 0 Å². The number of hydrogen-bond donors (Lipinski definition) is 0. The van der Waals surface area contributed by atoms with Crippen LogP contribution in [0.15, 0.2) is 0 Å². The summed E-state index contributed by atoms with van der Waals surface area (Å²) in [5, 5.41) is 0. The highest BCUT2D eigenvalue weighted by molar-refractivity contribution is 7.45. The lowest BCUT2D eigenvalue weighted by molar-refractivity contribution is -0.870. The number of ether oxygens (including phenoxy) is 2. The normalized spacial score (nSPS) is 13.7. The number of quaternary nitrogens is 1. The van der Waals surface area contributed by atoms with Gasteiger partial charge in [0, 0.05) is 12.8 Å². The predicted octanol–water partition coefficient (Wildman–Crippen LogP) is 10.2. The van der Waals surface area contributed by atoms with E-state index in [0.29, 0.717) is 17.4 Å². The van der Waals surface area contributed by atoms with Crippen LogP contribution in [0.4, 0.5) is 0 Å². The Morgan fingerprint density at radius 2 is 0.918 bits per heavy atom. The summed E-state index contributed by atoms with van der Waals surface area (Å²) in [5.41, 5.74) is 0. The lowest BCUT2D eigenvalue weighted by Crippen LogP contribution is -2.37. The van der Waals surface area contributed by atoms with E-state index in [2.05, 4.69) is 13.8 Å². The Hall–Kier alpha value is -0.990. The number of phosphoric ester groups is 1. The minimum atomic E-state index is -4.61. The minimum absolute atomic E-state index is 0.0263. The molecule has 0 saturated heterocycles. The Kier molecular flexibility index (Phi) is 32.2. The maximum atomic E-state index is 12.5. The van der Waals surface area contributed by atoms with E-state index in [1.165, 1.54) is 116 Å². The molecule has 49 heavy (non-hydrogen) atoms. The molecule has 0 aliphatic heterocycles. The van der Waals surface area contributed by atoms with E-state index >= 15 is 0 Å². The van der Waals surface area contributed by atoms with Gasteiger partial charge in [-0.25, -0.2) is 0 Å². The quantitative estimate of drug-likeness (QED) is 0.0270. The summed E-state index contributed by atoms with van der Waals surface area (Å²) in [6.45, 7) is 4.21. The maximum Gasteiger partial charge on any atom is 0.306 e. The summed E-state index contributed by atoms with van der Waals surface area (Å²) >= 11 is 0. The largest absolute Gasteiger partial charge is 0.756 e. The van der Waals surface area contributed by atoms with Gasteiger partial charge in [-0.05, 0) is 12.8 Å². The summed E-state index contributed by atoms with van der Waals surface area (Å²) in [7, 11) is 1.18. The van der Waals surface area contributed by atoms with Gasteiger partial charge in [-0.2, -0.15) is 0 Å². The molecule has 0 aromatic carbocycles. The van der Waals surface area contributed by atoms with Crippen molar-refractivity contribution in [2.75, 3.05) is 47.5 Å². The van der Waals surface area contributed by atoms with Gasteiger partial charge in [0.1, 0.15) is 19.8 Å². The van der Waals surface area contributed by atoms with Gasteiger partial charge in [0.25, 0.3) is 7.82 Å². The van der Waals surface area contributed by atoms with Crippen molar-refractivity contribution in [2.45, 2.75) is 193 Å². The number of nitrogens with zero attached hydrogens (tertiary/aromatic N) is 1. The lowest BCUT2D eigenvalue weighted by Gasteiger charge is -2.28. The molecule has 2 atom stereocenters. The number of rotatable bonds is 37. The third kappa shape index (κ3) is 36.6. The van der Waals surface area contributed by atoms with Gasteiger partial charge in [0.15, 0.2) is 6.10 Å². The predicted molar refractivity (Wildman–Crippen MR) is 199 cm³/mol. The topological polar surface area (TPSA) is 111 Å². The molecule has 0 amide bonds. The summed E-state index contributed by atoms with van der Waals surface area (Å²) in [4.78, 5) is 37.2. The van der Waals surface area contributed by atoms with Gasteiger partial charge in [-0.15, -0.1) is 0 Å². The molecule has 0 saturated carbocycles. The highest BCUT2D eigenvalue weighted by Crippen LogP contribution is 2.38. The Morgan fingerprint density at radius 1 is 0.551 bits per heavy atom. The fourth-order valence-electron chi connectivity index (χ4n) is 5.65. The maximum absolute atomic E-state index is 12.5. The second kappa shape index (κ2) is 32.9. The molecule has 0 aliphatic rings. The second-order valence-electron chi connectivity index (χ2n) is 15.0. The summed E-state index contributed by atoms with van der Waals surface area (Å²) in [5.74, 6) is -0.829. The smallest absolute Gasteiger partial charge is 0.306 e. The molecule has 0 aromatic heterocycles. The van der Waals surface area contributed by atoms with Gasteiger partial charge in [0.2, 0.25) is 0 Å². The molecule has 0 rings (SSSR count). The van der Waals surface area contributed by atoms with Gasteiger partial charge in [-0.1, -0.05) is 162 Å². The molecule has 9 nitrogen and oxygen atoms in total. The molecule has 0 aromatic rings. The summed E-state index contributed by atoms with van der Waals surface area (Å²) in [6, 6.07) is 0. The van der Waals surface area contributed by atoms with Crippen LogP contribution in [-0.2, 0) is 32.7 Å². The van der Waals surface area contributed by atoms with E-state index in [1.54, 1.807) is 0 Å². The van der Waals surface area contributed by atoms with Crippen molar-refractivity contribution in [3.8, 4) is 0 Å². The van der Waals surface area contributed by atoms with Crippen LogP contribution >= 0.6 is 7.82 Å². The number of likely N-dealkylation sites (N-methyl/N-ethyl adjacent to an activating group) is 1. The van der Waals surface area contributed by atoms with Crippen LogP contribution in [0.3, 0.4) is 0 Å². The zero-order valence-corrected chi connectivity index (χ0v) is 33.6. The van der Waals surface area contributed by atoms with Crippen LogP contribution in [0, 0.1) is 0 Å². The van der Waals surface area contributed by atoms with Crippen LogP contribution in [0.2, 0.25) is 0 Å². The van der Waals surface area contributed by atoms with E-state index in [1.807, 2.05) is 21.1 Å². The van der Waals surface area contributed by atoms with Gasteiger partial charge in [0.05, 0.1) is 27.7 Å². The Labute approximate surface area is 302 Å². The molecule has 0 fully saturated rings. The molecule has 0 spiro atoms. The first kappa shape index (κ1) is 48.0. The first-order valence-corrected chi connectivity index (χ1v) is 21.7. The molecule has 0 N–H and O–H groups in total. The Morgan fingerprint density at radius 3 is 1.31 bits per heavy atom. The van der Waals surface area contributed by atoms with Crippen molar-refractivity contribution >= 4 is 19.8 Å². The van der Waals surface area contributed by atoms with Crippen LogP contribution in [0.25, 0.3) is 0 Å². The van der Waals surface area contributed by atoms with Crippen LogP contribution in [-0.4, -0.2) is 70.0 Å². The van der Waals surface area contributed by atoms with Crippen molar-refractivity contribution in [2.24, 2.45) is 0 Å². The van der Waals surface area contributed by atoms with Crippen molar-refractivity contribution in [1.82, 2.24) is 0 Å². The van der Waals surface area contributed by atoms with Gasteiger partial charge >= 0.3 is 11.9 Å². The highest BCUT2D eigenvalue weighted by Gasteiger charge is 2.21. The van der Waals surface area contributed by atoms with Crippen molar-refractivity contribution < 1.29 is 42.1 Å². The van der Waals surface area contributed by atoms with Crippen molar-refractivity contribution in [3.63, 3.8) is 0 Å². The van der Waals surface area contributed by atoms with E-state index in [0.717, 1.165) is 38.5 Å². The van der Waals surface area contributed by atoms with E-state index < -0.39 is 26.5 Å². The molecule has 10 heteroatoms. The van der Waals surface area contributed by atoms with E-state index in [4.69, 9.17) is 18.5 Å². The number of unbranched alkanes of at least 4 members (excludes halogenated alkanes) is 23. The third-order valence-electron chi connectivity index (χ3n) is 8.88. The number of esters is 2. The van der Waals surface area contributed by atoms with Gasteiger partial charge < -0.3 is 27.9 Å². The fraction of sp³-hybridized carbons (Fsp3) is 0.949. The Balaban J connectivity index is 4.26. The first-order chi connectivity index (χ1) is 23.5. The van der Waals surface area contributed by atoms with E-state index in [-0.39, 0.29) is 32.0 Å². The van der Waals surface area contributed by atoms with Crippen molar-refractivity contribution in [1.29, 1.82) is 0 Å². The molecule has 292 valence electrons. The molecule has 0 radical (unpaired) electrons. The van der Waals surface area contributed by atoms with Crippen molar-refractivity contribution in [3.05, 3.63) is 0 Å². The second-order valence-corrected chi connectivity index (χ2v) is 16.4. The SMILES string of the molecule is CCCCCCCCCCCCCCCCCCCC(=O)OC[C@H](COP(=O)([O-])OCC[N+](C)(C)C)OC(=O)CCCCCCCCCC. The molecule has 1 unspecified atom stereocenters. The Bertz CT molecular complexity index is 819. The minimum Gasteiger partial charge on any atom is -0.756 e.